The maximum absolute atomic E-state index is 13.5. The molecule has 0 bridgehead atoms. The number of piperazine rings is 1. The van der Waals surface area contributed by atoms with Gasteiger partial charge in [-0.3, -0.25) is 4.79 Å². The van der Waals surface area contributed by atoms with Crippen molar-refractivity contribution < 1.29 is 21.6 Å². The summed E-state index contributed by atoms with van der Waals surface area (Å²) in [4.78, 5) is 15.4. The Hall–Kier alpha value is -2.31. The van der Waals surface area contributed by atoms with Crippen molar-refractivity contribution in [2.45, 2.75) is 54.9 Å². The molecule has 1 saturated heterocycles. The Morgan fingerprint density at radius 3 is 2.03 bits per heavy atom. The van der Waals surface area contributed by atoms with Crippen molar-refractivity contribution in [1.29, 1.82) is 0 Å². The second-order valence-electron chi connectivity index (χ2n) is 9.94. The molecule has 11 heteroatoms. The summed E-state index contributed by atoms with van der Waals surface area (Å²) < 4.78 is 55.8. The van der Waals surface area contributed by atoms with Crippen LogP contribution in [0.2, 0.25) is 0 Å². The van der Waals surface area contributed by atoms with Gasteiger partial charge in [0.15, 0.2) is 0 Å². The first-order chi connectivity index (χ1) is 17.6. The number of likely N-dealkylation sites (N-methyl/N-ethyl adjacent to an activating group) is 1. The summed E-state index contributed by atoms with van der Waals surface area (Å²) >= 11 is 0. The summed E-state index contributed by atoms with van der Waals surface area (Å²) in [5.41, 5.74) is 1.37. The molecule has 0 spiro atoms. The highest BCUT2D eigenvalue weighted by Gasteiger charge is 2.34. The molecule has 1 aliphatic heterocycles. The fraction of sp³-hybridized carbons (Fsp3) is 0.500. The van der Waals surface area contributed by atoms with E-state index < -0.39 is 26.0 Å². The summed E-state index contributed by atoms with van der Waals surface area (Å²) in [5.74, 6) is -0.462. The Kier molecular flexibility index (Phi) is 8.70. The smallest absolute Gasteiger partial charge is 0.243 e. The van der Waals surface area contributed by atoms with Crippen molar-refractivity contribution in [1.82, 2.24) is 13.5 Å². The van der Waals surface area contributed by atoms with Gasteiger partial charge in [-0.25, -0.2) is 16.8 Å². The van der Waals surface area contributed by atoms with Crippen LogP contribution in [0.25, 0.3) is 0 Å². The third-order valence-corrected chi connectivity index (χ3v) is 11.0. The van der Waals surface area contributed by atoms with Crippen LogP contribution < -0.4 is 5.32 Å². The first-order valence-corrected chi connectivity index (χ1v) is 15.6. The SMILES string of the molecule is Cc1ccc(S(=O)(=O)N(CC(=O)Nc2ccc(S(=O)(=O)N3CCN(C)CC3)cc2)C2CCCCC2)cc1. The number of carbonyl (C=O) groups excluding carboxylic acids is 1. The molecule has 1 saturated carbocycles. The quantitative estimate of drug-likeness (QED) is 0.544. The molecule has 4 rings (SSSR count). The summed E-state index contributed by atoms with van der Waals surface area (Å²) in [7, 11) is -5.51. The molecular weight excluding hydrogens is 512 g/mol. The van der Waals surface area contributed by atoms with Crippen LogP contribution in [0.5, 0.6) is 0 Å². The van der Waals surface area contributed by atoms with Crippen molar-refractivity contribution >= 4 is 31.6 Å². The van der Waals surface area contributed by atoms with E-state index in [0.717, 1.165) is 37.7 Å². The summed E-state index contributed by atoms with van der Waals surface area (Å²) in [6.07, 6.45) is 4.35. The number of amides is 1. The fourth-order valence-corrected chi connectivity index (χ4v) is 7.92. The van der Waals surface area contributed by atoms with Gasteiger partial charge in [0.05, 0.1) is 16.3 Å². The molecule has 202 valence electrons. The molecule has 2 aromatic carbocycles. The molecule has 9 nitrogen and oxygen atoms in total. The monoisotopic (exact) mass is 548 g/mol. The van der Waals surface area contributed by atoms with Crippen LogP contribution in [-0.4, -0.2) is 82.1 Å². The van der Waals surface area contributed by atoms with Gasteiger partial charge in [0.2, 0.25) is 26.0 Å². The first-order valence-electron chi connectivity index (χ1n) is 12.7. The van der Waals surface area contributed by atoms with E-state index in [9.17, 15) is 21.6 Å². The van der Waals surface area contributed by atoms with E-state index in [1.165, 1.54) is 20.7 Å². The summed E-state index contributed by atoms with van der Waals surface area (Å²) in [5, 5.41) is 2.75. The number of nitrogens with zero attached hydrogens (tertiary/aromatic N) is 3. The minimum atomic E-state index is -3.86. The number of anilines is 1. The second kappa shape index (κ2) is 11.6. The van der Waals surface area contributed by atoms with Gasteiger partial charge in [-0.05, 0) is 63.2 Å². The molecular formula is C26H36N4O5S2. The lowest BCUT2D eigenvalue weighted by molar-refractivity contribution is -0.116. The zero-order valence-corrected chi connectivity index (χ0v) is 23.1. The Labute approximate surface area is 220 Å². The molecule has 0 aromatic heterocycles. The molecule has 1 aliphatic carbocycles. The highest BCUT2D eigenvalue weighted by molar-refractivity contribution is 7.89. The number of carbonyl (C=O) groups is 1. The van der Waals surface area contributed by atoms with Gasteiger partial charge in [0.25, 0.3) is 0 Å². The average Bonchev–Trinajstić information content (AvgIpc) is 2.88. The van der Waals surface area contributed by atoms with Crippen LogP contribution >= 0.6 is 0 Å². The van der Waals surface area contributed by atoms with Crippen molar-refractivity contribution in [2.75, 3.05) is 45.1 Å². The lowest BCUT2D eigenvalue weighted by atomic mass is 9.95. The minimum Gasteiger partial charge on any atom is -0.325 e. The zero-order valence-electron chi connectivity index (χ0n) is 21.5. The molecule has 2 aliphatic rings. The van der Waals surface area contributed by atoms with Crippen LogP contribution in [0.15, 0.2) is 58.3 Å². The molecule has 1 N–H and O–H groups in total. The van der Waals surface area contributed by atoms with Gasteiger partial charge in [-0.2, -0.15) is 8.61 Å². The number of rotatable bonds is 8. The van der Waals surface area contributed by atoms with E-state index in [0.29, 0.717) is 31.9 Å². The molecule has 1 amide bonds. The van der Waals surface area contributed by atoms with Crippen LogP contribution in [0, 0.1) is 6.92 Å². The van der Waals surface area contributed by atoms with Crippen LogP contribution in [0.3, 0.4) is 0 Å². The lowest BCUT2D eigenvalue weighted by Crippen LogP contribution is -2.47. The summed E-state index contributed by atoms with van der Waals surface area (Å²) in [6.45, 7) is 3.81. The molecule has 37 heavy (non-hydrogen) atoms. The Morgan fingerprint density at radius 1 is 0.865 bits per heavy atom. The first kappa shape index (κ1) is 27.7. The third kappa shape index (κ3) is 6.58. The second-order valence-corrected chi connectivity index (χ2v) is 13.8. The number of hydrogen-bond donors (Lipinski definition) is 1. The topological polar surface area (TPSA) is 107 Å². The predicted molar refractivity (Wildman–Crippen MR) is 143 cm³/mol. The van der Waals surface area contributed by atoms with Gasteiger partial charge in [0, 0.05) is 37.9 Å². The maximum Gasteiger partial charge on any atom is 0.243 e. The third-order valence-electron chi connectivity index (χ3n) is 7.15. The van der Waals surface area contributed by atoms with Crippen molar-refractivity contribution in [2.24, 2.45) is 0 Å². The van der Waals surface area contributed by atoms with Crippen molar-refractivity contribution in [3.05, 3.63) is 54.1 Å². The Morgan fingerprint density at radius 2 is 1.43 bits per heavy atom. The minimum absolute atomic E-state index is 0.167. The van der Waals surface area contributed by atoms with Gasteiger partial charge < -0.3 is 10.2 Å². The molecule has 0 atom stereocenters. The van der Waals surface area contributed by atoms with Gasteiger partial charge in [0.1, 0.15) is 0 Å². The predicted octanol–water partition coefficient (Wildman–Crippen LogP) is 2.89. The van der Waals surface area contributed by atoms with Gasteiger partial charge in [-0.1, -0.05) is 37.0 Å². The Balaban J connectivity index is 1.47. The highest BCUT2D eigenvalue weighted by Crippen LogP contribution is 2.28. The van der Waals surface area contributed by atoms with Crippen molar-refractivity contribution in [3.63, 3.8) is 0 Å². The lowest BCUT2D eigenvalue weighted by Gasteiger charge is -2.33. The number of aryl methyl sites for hydroxylation is 1. The van der Waals surface area contributed by atoms with E-state index in [1.54, 1.807) is 36.4 Å². The van der Waals surface area contributed by atoms with E-state index in [-0.39, 0.29) is 22.4 Å². The van der Waals surface area contributed by atoms with E-state index in [1.807, 2.05) is 14.0 Å². The van der Waals surface area contributed by atoms with Gasteiger partial charge >= 0.3 is 0 Å². The Bertz CT molecular complexity index is 1280. The zero-order chi connectivity index (χ0) is 26.6. The fourth-order valence-electron chi connectivity index (χ4n) is 4.85. The largest absolute Gasteiger partial charge is 0.325 e. The van der Waals surface area contributed by atoms with Crippen LogP contribution in [0.4, 0.5) is 5.69 Å². The molecule has 2 aromatic rings. The number of sulfonamides is 2. The maximum atomic E-state index is 13.5. The average molecular weight is 549 g/mol. The van der Waals surface area contributed by atoms with E-state index >= 15 is 0 Å². The van der Waals surface area contributed by atoms with E-state index in [4.69, 9.17) is 0 Å². The highest BCUT2D eigenvalue weighted by atomic mass is 32.2. The molecule has 1 heterocycles. The summed E-state index contributed by atoms with van der Waals surface area (Å²) in [6, 6.07) is 12.5. The molecule has 0 unspecified atom stereocenters. The number of nitrogens with one attached hydrogen (secondary N) is 1. The van der Waals surface area contributed by atoms with Crippen LogP contribution in [-0.2, 0) is 24.8 Å². The molecule has 2 fully saturated rings. The molecule has 0 radical (unpaired) electrons. The normalized spacial score (nSPS) is 18.7. The van der Waals surface area contributed by atoms with Crippen molar-refractivity contribution in [3.8, 4) is 0 Å². The number of benzene rings is 2. The van der Waals surface area contributed by atoms with Crippen LogP contribution in [0.1, 0.15) is 37.7 Å². The van der Waals surface area contributed by atoms with Gasteiger partial charge in [-0.15, -0.1) is 0 Å². The number of hydrogen-bond acceptors (Lipinski definition) is 6. The standard InChI is InChI=1S/C26H36N4O5S2/c1-21-8-12-25(13-9-21)37(34,35)30(23-6-4-3-5-7-23)20-26(31)27-22-10-14-24(15-11-22)36(32,33)29-18-16-28(2)17-19-29/h8-15,23H,3-7,16-20H2,1-2H3,(H,27,31). The van der Waals surface area contributed by atoms with E-state index in [2.05, 4.69) is 10.2 Å².